The molecule has 0 fully saturated rings. The maximum absolute atomic E-state index is 8.84. The molecule has 0 spiro atoms. The van der Waals surface area contributed by atoms with Gasteiger partial charge in [-0.25, -0.2) is 0 Å². The Morgan fingerprint density at radius 3 is 0.532 bits per heavy atom. The molecule has 0 amide bonds. The highest BCUT2D eigenvalue weighted by Gasteiger charge is 2.44. The molecule has 3 aromatic rings. The molecule has 0 atom stereocenters. The third-order valence-corrected chi connectivity index (χ3v) is 28.3. The van der Waals surface area contributed by atoms with Crippen LogP contribution in [0, 0.1) is 20.8 Å². The summed E-state index contributed by atoms with van der Waals surface area (Å²) in [7, 11) is -13.0. The molecule has 0 heterocycles. The van der Waals surface area contributed by atoms with Crippen molar-refractivity contribution in [2.45, 2.75) is 139 Å². The Bertz CT molecular complexity index is 1360. The van der Waals surface area contributed by atoms with Crippen molar-refractivity contribution in [3.63, 3.8) is 0 Å². The summed E-state index contributed by atoms with van der Waals surface area (Å²) in [5.74, 6) is 0. The largest absolute Gasteiger partial charge is 0.247 e. The van der Waals surface area contributed by atoms with E-state index in [-0.39, 0.29) is 0 Å². The molecule has 0 saturated carbocycles. The van der Waals surface area contributed by atoms with Gasteiger partial charge < -0.3 is 0 Å². The second-order valence-electron chi connectivity index (χ2n) is 20.7. The number of halogens is 1. The van der Waals surface area contributed by atoms with Gasteiger partial charge in [0.25, 0.3) is 0 Å². The molecular formula is C39H69ClSi7. The van der Waals surface area contributed by atoms with Gasteiger partial charge in [0.1, 0.15) is 0 Å². The highest BCUT2D eigenvalue weighted by Crippen LogP contribution is 2.20. The molecule has 260 valence electrons. The van der Waals surface area contributed by atoms with Gasteiger partial charge in [0.2, 0.25) is 7.38 Å². The van der Waals surface area contributed by atoms with Crippen molar-refractivity contribution in [2.24, 2.45) is 0 Å². The molecule has 0 unspecified atom stereocenters. The summed E-state index contributed by atoms with van der Waals surface area (Å²) in [6, 6.07) is 15.8. The normalized spacial score (nSPS) is 14.2. The van der Waals surface area contributed by atoms with Crippen LogP contribution in [0.3, 0.4) is 0 Å². The molecule has 0 aliphatic carbocycles. The highest BCUT2D eigenvalue weighted by atomic mass is 35.6. The van der Waals surface area contributed by atoms with Gasteiger partial charge in [-0.2, -0.15) is 0 Å². The minimum Gasteiger partial charge on any atom is -0.149 e. The molecule has 3 rings (SSSR count). The molecule has 0 saturated heterocycles. The molecule has 47 heavy (non-hydrogen) atoms. The lowest BCUT2D eigenvalue weighted by atomic mass is 10.2. The van der Waals surface area contributed by atoms with Gasteiger partial charge >= 0.3 is 0 Å². The SMILES string of the molecule is Cc1c([Si](C)(C)C)cc([Si](Cl)(c2cc([Si](C)(C)C)c(C)c([Si](C)(C)C)c2)c2cc([Si](C)(C)C)c(C)c([Si](C)(C)C)c2)cc1[Si](C)(C)C. The van der Waals surface area contributed by atoms with E-state index in [1.807, 2.05) is 0 Å². The minimum absolute atomic E-state index is 1.43. The topological polar surface area (TPSA) is 0 Å². The summed E-state index contributed by atoms with van der Waals surface area (Å²) in [5, 5.41) is 13.9. The van der Waals surface area contributed by atoms with E-state index in [9.17, 15) is 0 Å². The van der Waals surface area contributed by atoms with Gasteiger partial charge in [0.15, 0.2) is 0 Å². The molecule has 0 nitrogen and oxygen atoms in total. The maximum Gasteiger partial charge on any atom is 0.247 e. The van der Waals surface area contributed by atoms with Crippen LogP contribution in [-0.2, 0) is 0 Å². The van der Waals surface area contributed by atoms with Gasteiger partial charge in [-0.3, -0.25) is 0 Å². The fraction of sp³-hybridized carbons (Fsp3) is 0.538. The fourth-order valence-electron chi connectivity index (χ4n) is 7.91. The van der Waals surface area contributed by atoms with E-state index in [0.29, 0.717) is 0 Å². The molecule has 0 aromatic heterocycles. The molecule has 0 aliphatic heterocycles. The first-order valence-corrected chi connectivity index (χ1v) is 41.9. The van der Waals surface area contributed by atoms with Crippen molar-refractivity contribution >= 4 is 114 Å². The Balaban J connectivity index is 2.80. The lowest BCUT2D eigenvalue weighted by molar-refractivity contribution is 1.50. The predicted octanol–water partition coefficient (Wildman–Crippen LogP) is 7.09. The van der Waals surface area contributed by atoms with Gasteiger partial charge in [-0.15, -0.1) is 11.1 Å². The maximum atomic E-state index is 8.84. The molecule has 0 bridgehead atoms. The van der Waals surface area contributed by atoms with E-state index in [1.54, 1.807) is 47.8 Å². The average molecular weight is 770 g/mol. The van der Waals surface area contributed by atoms with Gasteiger partial charge in [0.05, 0.1) is 48.4 Å². The standard InChI is InChI=1S/C39H69ClSi7/c1-28-34(41(4,5)6)22-31(23-35(28)42(7,8)9)47(40,32-24-36(43(10,11)12)29(2)37(25-32)44(13,14)15)33-26-38(45(16,17)18)30(3)39(27-33)46(19,20)21/h22-27H,1-21H3. The third-order valence-electron chi connectivity index (χ3n) is 10.3. The number of hydrogen-bond acceptors (Lipinski definition) is 0. The first-order chi connectivity index (χ1) is 20.7. The predicted molar refractivity (Wildman–Crippen MR) is 242 cm³/mol. The summed E-state index contributed by atoms with van der Waals surface area (Å²) in [4.78, 5) is 0. The van der Waals surface area contributed by atoms with Crippen molar-refractivity contribution in [3.05, 3.63) is 53.1 Å². The summed E-state index contributed by atoms with van der Waals surface area (Å²) in [5.41, 5.74) is 4.64. The Labute approximate surface area is 303 Å². The van der Waals surface area contributed by atoms with E-state index in [2.05, 4.69) is 175 Å². The van der Waals surface area contributed by atoms with Crippen molar-refractivity contribution in [1.29, 1.82) is 0 Å². The summed E-state index contributed by atoms with van der Waals surface area (Å²) in [6.45, 7) is 52.8. The van der Waals surface area contributed by atoms with Crippen molar-refractivity contribution in [1.82, 2.24) is 0 Å². The molecule has 0 aliphatic rings. The Morgan fingerprint density at radius 1 is 0.298 bits per heavy atom. The van der Waals surface area contributed by atoms with Gasteiger partial charge in [-0.05, 0) is 36.3 Å². The van der Waals surface area contributed by atoms with Crippen LogP contribution in [0.2, 0.25) is 118 Å². The number of benzene rings is 3. The van der Waals surface area contributed by atoms with E-state index in [1.165, 1.54) is 15.6 Å². The van der Waals surface area contributed by atoms with E-state index in [4.69, 9.17) is 11.1 Å². The van der Waals surface area contributed by atoms with Crippen LogP contribution < -0.4 is 46.7 Å². The van der Waals surface area contributed by atoms with Gasteiger partial charge in [-0.1, -0.05) is 202 Å². The summed E-state index contributed by atoms with van der Waals surface area (Å²) >= 11 is 8.84. The Kier molecular flexibility index (Phi) is 11.2. The lowest BCUT2D eigenvalue weighted by Crippen LogP contribution is -2.69. The van der Waals surface area contributed by atoms with Crippen LogP contribution in [0.4, 0.5) is 0 Å². The molecule has 3 aromatic carbocycles. The Morgan fingerprint density at radius 2 is 0.426 bits per heavy atom. The first-order valence-electron chi connectivity index (χ1n) is 17.9. The lowest BCUT2D eigenvalue weighted by Gasteiger charge is -2.37. The zero-order valence-corrected chi connectivity index (χ0v) is 42.1. The molecule has 8 heteroatoms. The van der Waals surface area contributed by atoms with Crippen molar-refractivity contribution < 1.29 is 0 Å². The van der Waals surface area contributed by atoms with E-state index >= 15 is 0 Å². The molecule has 0 N–H and O–H groups in total. The number of hydrogen-bond donors (Lipinski definition) is 0. The second-order valence-corrected chi connectivity index (χ2v) is 55.7. The van der Waals surface area contributed by atoms with Crippen LogP contribution in [0.5, 0.6) is 0 Å². The first kappa shape index (κ1) is 40.9. The molecular weight excluding hydrogens is 700 g/mol. The van der Waals surface area contributed by atoms with Crippen molar-refractivity contribution in [3.8, 4) is 0 Å². The van der Waals surface area contributed by atoms with Crippen LogP contribution in [0.1, 0.15) is 16.7 Å². The fourth-order valence-corrected chi connectivity index (χ4v) is 24.3. The number of rotatable bonds is 9. The minimum atomic E-state index is -3.00. The monoisotopic (exact) mass is 768 g/mol. The van der Waals surface area contributed by atoms with Crippen molar-refractivity contribution in [2.75, 3.05) is 0 Å². The van der Waals surface area contributed by atoms with Crippen LogP contribution in [0.25, 0.3) is 0 Å². The van der Waals surface area contributed by atoms with Crippen LogP contribution in [-0.4, -0.2) is 55.8 Å². The third kappa shape index (κ3) is 8.34. The van der Waals surface area contributed by atoms with E-state index < -0.39 is 55.8 Å². The molecule has 0 radical (unpaired) electrons. The Hall–Kier alpha value is -0.532. The highest BCUT2D eigenvalue weighted by molar-refractivity contribution is 7.40. The van der Waals surface area contributed by atoms with Crippen LogP contribution >= 0.6 is 11.1 Å². The van der Waals surface area contributed by atoms with E-state index in [0.717, 1.165) is 0 Å². The summed E-state index contributed by atoms with van der Waals surface area (Å²) in [6.07, 6.45) is 0. The second kappa shape index (κ2) is 12.9. The average Bonchev–Trinajstić information content (AvgIpc) is 2.84. The van der Waals surface area contributed by atoms with Crippen LogP contribution in [0.15, 0.2) is 36.4 Å². The van der Waals surface area contributed by atoms with Gasteiger partial charge in [0, 0.05) is 0 Å². The quantitative estimate of drug-likeness (QED) is 0.124. The smallest absolute Gasteiger partial charge is 0.149 e. The summed E-state index contributed by atoms with van der Waals surface area (Å²) < 4.78 is 0. The zero-order valence-electron chi connectivity index (χ0n) is 34.3. The zero-order chi connectivity index (χ0) is 36.7.